The molecule has 0 unspecified atom stereocenters. The van der Waals surface area contributed by atoms with Crippen LogP contribution in [-0.2, 0) is 22.9 Å². The van der Waals surface area contributed by atoms with Crippen molar-refractivity contribution in [1.29, 1.82) is 0 Å². The van der Waals surface area contributed by atoms with Crippen LogP contribution in [0.1, 0.15) is 40.2 Å². The molecule has 1 fully saturated rings. The minimum absolute atomic E-state index is 0.0954. The molecule has 2 N–H and O–H groups in total. The number of aryl methyl sites for hydroxylation is 1. The molecule has 0 atom stereocenters. The molecule has 2 aliphatic rings. The number of fused-ring (bicyclic) bond motifs is 1. The van der Waals surface area contributed by atoms with E-state index in [1.807, 2.05) is 35.9 Å². The van der Waals surface area contributed by atoms with Gasteiger partial charge in [-0.3, -0.25) is 9.10 Å². The van der Waals surface area contributed by atoms with Crippen molar-refractivity contribution in [1.82, 2.24) is 9.78 Å². The summed E-state index contributed by atoms with van der Waals surface area (Å²) in [5.41, 5.74) is 4.90. The van der Waals surface area contributed by atoms with Crippen LogP contribution in [-0.4, -0.2) is 41.5 Å². The van der Waals surface area contributed by atoms with Crippen molar-refractivity contribution >= 4 is 27.3 Å². The van der Waals surface area contributed by atoms with Gasteiger partial charge in [0.1, 0.15) is 5.75 Å². The summed E-state index contributed by atoms with van der Waals surface area (Å²) in [5.74, 6) is -0.461. The van der Waals surface area contributed by atoms with E-state index in [1.54, 1.807) is 0 Å². The Kier molecular flexibility index (Phi) is 4.93. The maximum absolute atomic E-state index is 13.2. The number of aromatic nitrogens is 2. The van der Waals surface area contributed by atoms with Crippen LogP contribution >= 0.6 is 0 Å². The van der Waals surface area contributed by atoms with E-state index in [1.165, 1.54) is 22.5 Å². The second-order valence-corrected chi connectivity index (χ2v) is 10.3. The first-order valence-corrected chi connectivity index (χ1v) is 12.3. The summed E-state index contributed by atoms with van der Waals surface area (Å²) in [6, 6.07) is 12.4. The van der Waals surface area contributed by atoms with Crippen LogP contribution in [0.2, 0.25) is 0 Å². The minimum Gasteiger partial charge on any atom is -0.506 e. The SMILES string of the molecule is Cc1ccc(-n2nc(C(=O)Nc3cc(N4CCCS4(=O)=O)ccc3O)c3c2CCC3)cc1. The molecule has 2 heterocycles. The number of carbonyl (C=O) groups is 1. The Morgan fingerprint density at radius 3 is 2.53 bits per heavy atom. The summed E-state index contributed by atoms with van der Waals surface area (Å²) in [6.45, 7) is 2.40. The van der Waals surface area contributed by atoms with Crippen molar-refractivity contribution in [3.8, 4) is 11.4 Å². The summed E-state index contributed by atoms with van der Waals surface area (Å²) < 4.78 is 27.6. The first kappa shape index (κ1) is 20.6. The largest absolute Gasteiger partial charge is 0.506 e. The zero-order valence-electron chi connectivity index (χ0n) is 17.7. The van der Waals surface area contributed by atoms with Gasteiger partial charge in [-0.05, 0) is 62.9 Å². The molecule has 1 aromatic heterocycles. The van der Waals surface area contributed by atoms with Gasteiger partial charge in [-0.1, -0.05) is 17.7 Å². The number of amides is 1. The number of anilines is 2. The predicted molar refractivity (Wildman–Crippen MR) is 122 cm³/mol. The van der Waals surface area contributed by atoms with Crippen molar-refractivity contribution in [2.45, 2.75) is 32.6 Å². The summed E-state index contributed by atoms with van der Waals surface area (Å²) in [7, 11) is -3.37. The molecular weight excluding hydrogens is 428 g/mol. The van der Waals surface area contributed by atoms with Gasteiger partial charge in [0.15, 0.2) is 5.69 Å². The Bertz CT molecular complexity index is 1310. The average molecular weight is 453 g/mol. The Balaban J connectivity index is 1.47. The van der Waals surface area contributed by atoms with Gasteiger partial charge in [-0.15, -0.1) is 0 Å². The Hall–Kier alpha value is -3.33. The molecule has 2 aromatic carbocycles. The van der Waals surface area contributed by atoms with Crippen LogP contribution in [0.3, 0.4) is 0 Å². The summed E-state index contributed by atoms with van der Waals surface area (Å²) >= 11 is 0. The lowest BCUT2D eigenvalue weighted by Crippen LogP contribution is -2.25. The van der Waals surface area contributed by atoms with Crippen molar-refractivity contribution < 1.29 is 18.3 Å². The number of aromatic hydroxyl groups is 1. The van der Waals surface area contributed by atoms with Crippen molar-refractivity contribution in [3.63, 3.8) is 0 Å². The standard InChI is InChI=1S/C23H24N4O4S/c1-15-6-8-16(9-7-15)27-20-5-2-4-18(20)22(25-27)23(29)24-19-14-17(10-11-21(19)28)26-12-3-13-32(26,30)31/h6-11,14,28H,2-5,12-13H2,1H3,(H,24,29). The summed E-state index contributed by atoms with van der Waals surface area (Å²) in [4.78, 5) is 13.2. The number of benzene rings is 2. The molecule has 32 heavy (non-hydrogen) atoms. The van der Waals surface area contributed by atoms with E-state index in [9.17, 15) is 18.3 Å². The first-order valence-electron chi connectivity index (χ1n) is 10.7. The molecule has 3 aromatic rings. The Morgan fingerprint density at radius 2 is 1.81 bits per heavy atom. The van der Waals surface area contributed by atoms with E-state index in [4.69, 9.17) is 0 Å². The lowest BCUT2D eigenvalue weighted by molar-refractivity contribution is 0.102. The van der Waals surface area contributed by atoms with Crippen LogP contribution in [0, 0.1) is 6.92 Å². The van der Waals surface area contributed by atoms with Gasteiger partial charge in [0.25, 0.3) is 5.91 Å². The van der Waals surface area contributed by atoms with Crippen LogP contribution in [0.4, 0.5) is 11.4 Å². The molecule has 0 spiro atoms. The smallest absolute Gasteiger partial charge is 0.276 e. The van der Waals surface area contributed by atoms with Crippen LogP contribution in [0.25, 0.3) is 5.69 Å². The number of phenols is 1. The fraction of sp³-hybridized carbons (Fsp3) is 0.304. The molecule has 0 bridgehead atoms. The van der Waals surface area contributed by atoms with Gasteiger partial charge in [-0.2, -0.15) is 5.10 Å². The zero-order valence-corrected chi connectivity index (χ0v) is 18.5. The number of nitrogens with one attached hydrogen (secondary N) is 1. The van der Waals surface area contributed by atoms with Gasteiger partial charge in [0, 0.05) is 17.8 Å². The molecule has 5 rings (SSSR count). The van der Waals surface area contributed by atoms with E-state index in [0.29, 0.717) is 24.3 Å². The molecule has 1 aliphatic heterocycles. The first-order chi connectivity index (χ1) is 15.3. The maximum atomic E-state index is 13.2. The molecule has 8 nitrogen and oxygen atoms in total. The van der Waals surface area contributed by atoms with E-state index < -0.39 is 15.9 Å². The third kappa shape index (κ3) is 3.52. The highest BCUT2D eigenvalue weighted by molar-refractivity contribution is 7.93. The number of hydrogen-bond acceptors (Lipinski definition) is 5. The van der Waals surface area contributed by atoms with Gasteiger partial charge >= 0.3 is 0 Å². The molecule has 1 amide bonds. The third-order valence-corrected chi connectivity index (χ3v) is 7.91. The zero-order chi connectivity index (χ0) is 22.5. The van der Waals surface area contributed by atoms with Crippen molar-refractivity contribution in [2.75, 3.05) is 21.9 Å². The molecule has 0 radical (unpaired) electrons. The van der Waals surface area contributed by atoms with Gasteiger partial charge < -0.3 is 10.4 Å². The summed E-state index contributed by atoms with van der Waals surface area (Å²) in [5, 5.41) is 17.6. The molecule has 1 aliphatic carbocycles. The maximum Gasteiger partial charge on any atom is 0.276 e. The van der Waals surface area contributed by atoms with E-state index >= 15 is 0 Å². The van der Waals surface area contributed by atoms with E-state index in [0.717, 1.165) is 41.8 Å². The van der Waals surface area contributed by atoms with Gasteiger partial charge in [-0.25, -0.2) is 13.1 Å². The second kappa shape index (κ2) is 7.67. The summed E-state index contributed by atoms with van der Waals surface area (Å²) in [6.07, 6.45) is 3.11. The minimum atomic E-state index is -3.37. The number of sulfonamides is 1. The number of phenolic OH excluding ortho intramolecular Hbond substituents is 1. The second-order valence-electron chi connectivity index (χ2n) is 8.27. The topological polar surface area (TPSA) is 105 Å². The lowest BCUT2D eigenvalue weighted by Gasteiger charge is -2.18. The third-order valence-electron chi connectivity index (χ3n) is 6.04. The lowest BCUT2D eigenvalue weighted by atomic mass is 10.1. The monoisotopic (exact) mass is 452 g/mol. The van der Waals surface area contributed by atoms with Crippen LogP contribution < -0.4 is 9.62 Å². The Morgan fingerprint density at radius 1 is 1.06 bits per heavy atom. The van der Waals surface area contributed by atoms with Gasteiger partial charge in [0.2, 0.25) is 10.0 Å². The van der Waals surface area contributed by atoms with E-state index in [2.05, 4.69) is 10.4 Å². The Labute approximate surface area is 186 Å². The molecule has 0 saturated carbocycles. The van der Waals surface area contributed by atoms with E-state index in [-0.39, 0.29) is 17.2 Å². The van der Waals surface area contributed by atoms with Crippen LogP contribution in [0.15, 0.2) is 42.5 Å². The number of nitrogens with zero attached hydrogens (tertiary/aromatic N) is 3. The van der Waals surface area contributed by atoms with Gasteiger partial charge in [0.05, 0.1) is 22.8 Å². The van der Waals surface area contributed by atoms with Crippen molar-refractivity contribution in [2.24, 2.45) is 0 Å². The number of hydrogen-bond donors (Lipinski definition) is 2. The number of carbonyl (C=O) groups excluding carboxylic acids is 1. The highest BCUT2D eigenvalue weighted by Crippen LogP contribution is 2.33. The molecule has 166 valence electrons. The molecule has 1 saturated heterocycles. The molecular formula is C23H24N4O4S. The van der Waals surface area contributed by atoms with Crippen LogP contribution in [0.5, 0.6) is 5.75 Å². The number of rotatable bonds is 4. The average Bonchev–Trinajstić information content (AvgIpc) is 3.45. The highest BCUT2D eigenvalue weighted by Gasteiger charge is 2.30. The predicted octanol–water partition coefficient (Wildman–Crippen LogP) is 3.17. The molecule has 9 heteroatoms. The highest BCUT2D eigenvalue weighted by atomic mass is 32.2. The van der Waals surface area contributed by atoms with Crippen molar-refractivity contribution in [3.05, 3.63) is 65.0 Å². The fourth-order valence-corrected chi connectivity index (χ4v) is 5.97. The normalized spacial score (nSPS) is 16.8. The fourth-order valence-electron chi connectivity index (χ4n) is 4.41. The quantitative estimate of drug-likeness (QED) is 0.592.